The Labute approximate surface area is 130 Å². The second-order valence-corrected chi connectivity index (χ2v) is 5.67. The maximum atomic E-state index is 12.3. The molecular formula is C14H15BrN4O2. The number of nitrogens with zero attached hydrogens (tertiary/aromatic N) is 2. The quantitative estimate of drug-likeness (QED) is 0.859. The van der Waals surface area contributed by atoms with Gasteiger partial charge in [-0.05, 0) is 17.7 Å². The smallest absolute Gasteiger partial charge is 0.262 e. The Balaban J connectivity index is 2.00. The van der Waals surface area contributed by atoms with Crippen molar-refractivity contribution in [2.75, 3.05) is 36.9 Å². The Bertz CT molecular complexity index is 693. The molecule has 0 atom stereocenters. The van der Waals surface area contributed by atoms with Gasteiger partial charge in [-0.15, -0.1) is 0 Å². The molecule has 1 aromatic carbocycles. The second kappa shape index (κ2) is 5.87. The van der Waals surface area contributed by atoms with E-state index >= 15 is 0 Å². The van der Waals surface area contributed by atoms with Crippen LogP contribution in [0.25, 0.3) is 11.1 Å². The molecule has 0 radical (unpaired) electrons. The fourth-order valence-corrected chi connectivity index (χ4v) is 2.56. The lowest BCUT2D eigenvalue weighted by atomic mass is 10.1. The maximum absolute atomic E-state index is 12.3. The number of benzene rings is 1. The van der Waals surface area contributed by atoms with Gasteiger partial charge in [-0.2, -0.15) is 4.98 Å². The van der Waals surface area contributed by atoms with Gasteiger partial charge in [-0.25, -0.2) is 0 Å². The number of aromatic nitrogens is 2. The van der Waals surface area contributed by atoms with Crippen LogP contribution in [-0.4, -0.2) is 36.3 Å². The lowest BCUT2D eigenvalue weighted by Crippen LogP contribution is -2.38. The Morgan fingerprint density at radius 2 is 1.90 bits per heavy atom. The molecule has 21 heavy (non-hydrogen) atoms. The zero-order chi connectivity index (χ0) is 14.8. The van der Waals surface area contributed by atoms with Crippen LogP contribution in [0.4, 0.5) is 11.8 Å². The van der Waals surface area contributed by atoms with E-state index in [1.54, 1.807) is 0 Å². The molecule has 3 N–H and O–H groups in total. The van der Waals surface area contributed by atoms with E-state index in [2.05, 4.69) is 25.9 Å². The minimum absolute atomic E-state index is 0.230. The van der Waals surface area contributed by atoms with E-state index < -0.39 is 0 Å². The number of nitrogens with one attached hydrogen (secondary N) is 1. The van der Waals surface area contributed by atoms with Crippen LogP contribution < -0.4 is 16.2 Å². The van der Waals surface area contributed by atoms with Gasteiger partial charge in [0, 0.05) is 17.6 Å². The van der Waals surface area contributed by atoms with Gasteiger partial charge in [0.15, 0.2) is 0 Å². The van der Waals surface area contributed by atoms with Gasteiger partial charge in [0.05, 0.1) is 18.8 Å². The number of ether oxygens (including phenoxy) is 1. The lowest BCUT2D eigenvalue weighted by molar-refractivity contribution is 0.122. The lowest BCUT2D eigenvalue weighted by Gasteiger charge is -2.27. The number of morpholine rings is 1. The van der Waals surface area contributed by atoms with Crippen LogP contribution in [0.3, 0.4) is 0 Å². The number of rotatable bonds is 2. The van der Waals surface area contributed by atoms with Crippen LogP contribution in [0.5, 0.6) is 0 Å². The molecule has 2 heterocycles. The van der Waals surface area contributed by atoms with Gasteiger partial charge >= 0.3 is 0 Å². The zero-order valence-corrected chi connectivity index (χ0v) is 12.9. The van der Waals surface area contributed by atoms with Crippen LogP contribution in [0.1, 0.15) is 0 Å². The topological polar surface area (TPSA) is 84.2 Å². The van der Waals surface area contributed by atoms with E-state index in [1.165, 1.54) is 0 Å². The molecule has 1 aliphatic rings. The molecule has 0 amide bonds. The van der Waals surface area contributed by atoms with Crippen molar-refractivity contribution in [2.45, 2.75) is 0 Å². The van der Waals surface area contributed by atoms with E-state index in [0.717, 1.165) is 10.0 Å². The summed E-state index contributed by atoms with van der Waals surface area (Å²) >= 11 is 3.37. The van der Waals surface area contributed by atoms with Crippen molar-refractivity contribution in [3.05, 3.63) is 39.1 Å². The van der Waals surface area contributed by atoms with Crippen LogP contribution in [0, 0.1) is 0 Å². The summed E-state index contributed by atoms with van der Waals surface area (Å²) in [5.41, 5.74) is 6.92. The number of hydrogen-bond donors (Lipinski definition) is 2. The largest absolute Gasteiger partial charge is 0.383 e. The third kappa shape index (κ3) is 2.93. The summed E-state index contributed by atoms with van der Waals surface area (Å²) in [7, 11) is 0. The number of halogens is 1. The first-order valence-electron chi connectivity index (χ1n) is 6.63. The van der Waals surface area contributed by atoms with E-state index in [0.29, 0.717) is 37.8 Å². The molecule has 2 aromatic rings. The molecule has 110 valence electrons. The van der Waals surface area contributed by atoms with Gasteiger partial charge in [-0.3, -0.25) is 9.78 Å². The minimum Gasteiger partial charge on any atom is -0.383 e. The summed E-state index contributed by atoms with van der Waals surface area (Å²) in [6.45, 7) is 2.64. The average molecular weight is 351 g/mol. The second-order valence-electron chi connectivity index (χ2n) is 4.76. The fraction of sp³-hybridized carbons (Fsp3) is 0.286. The number of nitrogen functional groups attached to an aromatic ring is 1. The molecule has 1 fully saturated rings. The monoisotopic (exact) mass is 350 g/mol. The first kappa shape index (κ1) is 14.1. The van der Waals surface area contributed by atoms with Crippen molar-refractivity contribution in [1.82, 2.24) is 9.97 Å². The van der Waals surface area contributed by atoms with Crippen molar-refractivity contribution in [1.29, 1.82) is 0 Å². The Hall–Kier alpha value is -1.86. The third-order valence-electron chi connectivity index (χ3n) is 3.38. The average Bonchev–Trinajstić information content (AvgIpc) is 2.49. The Kier molecular flexibility index (Phi) is 3.94. The van der Waals surface area contributed by atoms with E-state index in [4.69, 9.17) is 10.5 Å². The molecular weight excluding hydrogens is 336 g/mol. The summed E-state index contributed by atoms with van der Waals surface area (Å²) in [6, 6.07) is 7.40. The van der Waals surface area contributed by atoms with Gasteiger partial charge in [0.2, 0.25) is 5.95 Å². The highest BCUT2D eigenvalue weighted by Crippen LogP contribution is 2.23. The predicted octanol–water partition coefficient (Wildman–Crippen LogP) is 1.62. The normalized spacial score (nSPS) is 15.2. The van der Waals surface area contributed by atoms with Crippen molar-refractivity contribution >= 4 is 27.7 Å². The molecule has 1 aromatic heterocycles. The van der Waals surface area contributed by atoms with E-state index in [1.807, 2.05) is 29.2 Å². The van der Waals surface area contributed by atoms with Crippen molar-refractivity contribution < 1.29 is 4.74 Å². The predicted molar refractivity (Wildman–Crippen MR) is 85.4 cm³/mol. The Morgan fingerprint density at radius 3 is 2.52 bits per heavy atom. The molecule has 1 aliphatic heterocycles. The third-order valence-corrected chi connectivity index (χ3v) is 3.91. The van der Waals surface area contributed by atoms with Crippen LogP contribution >= 0.6 is 15.9 Å². The molecule has 3 rings (SSSR count). The van der Waals surface area contributed by atoms with Gasteiger partial charge < -0.3 is 15.4 Å². The summed E-state index contributed by atoms with van der Waals surface area (Å²) in [5, 5.41) is 0. The molecule has 0 spiro atoms. The van der Waals surface area contributed by atoms with Crippen LogP contribution in [0.15, 0.2) is 33.5 Å². The van der Waals surface area contributed by atoms with E-state index in [-0.39, 0.29) is 11.4 Å². The number of H-pyrrole nitrogens is 1. The van der Waals surface area contributed by atoms with Gasteiger partial charge in [-0.1, -0.05) is 28.1 Å². The highest BCUT2D eigenvalue weighted by Gasteiger charge is 2.17. The van der Waals surface area contributed by atoms with Crippen molar-refractivity contribution in [3.8, 4) is 11.1 Å². The molecule has 0 aliphatic carbocycles. The first-order chi connectivity index (χ1) is 10.1. The minimum atomic E-state index is -0.230. The van der Waals surface area contributed by atoms with Crippen molar-refractivity contribution in [3.63, 3.8) is 0 Å². The summed E-state index contributed by atoms with van der Waals surface area (Å²) in [6.07, 6.45) is 0. The SMILES string of the molecule is Nc1nc(N2CCOCC2)[nH]c(=O)c1-c1ccc(Br)cc1. The molecule has 1 saturated heterocycles. The molecule has 6 nitrogen and oxygen atoms in total. The number of anilines is 2. The highest BCUT2D eigenvalue weighted by molar-refractivity contribution is 9.10. The Morgan fingerprint density at radius 1 is 1.24 bits per heavy atom. The number of nitrogens with two attached hydrogens (primary N) is 1. The van der Waals surface area contributed by atoms with Crippen LogP contribution in [-0.2, 0) is 4.74 Å². The molecule has 0 bridgehead atoms. The highest BCUT2D eigenvalue weighted by atomic mass is 79.9. The van der Waals surface area contributed by atoms with Gasteiger partial charge in [0.25, 0.3) is 5.56 Å². The van der Waals surface area contributed by atoms with E-state index in [9.17, 15) is 4.79 Å². The van der Waals surface area contributed by atoms with Crippen molar-refractivity contribution in [2.24, 2.45) is 0 Å². The van der Waals surface area contributed by atoms with Gasteiger partial charge in [0.1, 0.15) is 5.82 Å². The first-order valence-corrected chi connectivity index (χ1v) is 7.43. The summed E-state index contributed by atoms with van der Waals surface area (Å²) < 4.78 is 6.23. The molecule has 0 unspecified atom stereocenters. The zero-order valence-electron chi connectivity index (χ0n) is 11.3. The number of aromatic amines is 1. The maximum Gasteiger partial charge on any atom is 0.262 e. The molecule has 0 saturated carbocycles. The standard InChI is InChI=1S/C14H15BrN4O2/c15-10-3-1-9(2-4-10)11-12(16)17-14(18-13(11)20)19-5-7-21-8-6-19/h1-4H,5-8H2,(H3,16,17,18,20). The molecule has 7 heteroatoms. The summed E-state index contributed by atoms with van der Waals surface area (Å²) in [4.78, 5) is 21.5. The summed E-state index contributed by atoms with van der Waals surface area (Å²) in [5.74, 6) is 0.740. The van der Waals surface area contributed by atoms with Crippen LogP contribution in [0.2, 0.25) is 0 Å². The fourth-order valence-electron chi connectivity index (χ4n) is 2.30. The number of hydrogen-bond acceptors (Lipinski definition) is 5.